The predicted molar refractivity (Wildman–Crippen MR) is 123 cm³/mol. The lowest BCUT2D eigenvalue weighted by Gasteiger charge is -2.29. The van der Waals surface area contributed by atoms with Gasteiger partial charge in [0.1, 0.15) is 5.82 Å². The average Bonchev–Trinajstić information content (AvgIpc) is 2.83. The fraction of sp³-hybridized carbons (Fsp3) is 0.261. The molecule has 0 spiro atoms. The van der Waals surface area contributed by atoms with Crippen molar-refractivity contribution in [1.29, 1.82) is 0 Å². The number of thioether (sulfide) groups is 1. The second-order valence-corrected chi connectivity index (χ2v) is 8.05. The van der Waals surface area contributed by atoms with E-state index in [1.54, 1.807) is 24.2 Å². The van der Waals surface area contributed by atoms with E-state index in [0.29, 0.717) is 19.8 Å². The van der Waals surface area contributed by atoms with E-state index in [1.807, 2.05) is 54.6 Å². The Labute approximate surface area is 186 Å². The Bertz CT molecular complexity index is 996. The van der Waals surface area contributed by atoms with Crippen LogP contribution in [0.5, 0.6) is 0 Å². The number of benzene rings is 1. The molecule has 0 atom stereocenters. The van der Waals surface area contributed by atoms with E-state index in [4.69, 9.17) is 4.74 Å². The number of aromatic nitrogens is 2. The van der Waals surface area contributed by atoms with E-state index < -0.39 is 0 Å². The van der Waals surface area contributed by atoms with Gasteiger partial charge in [-0.1, -0.05) is 24.3 Å². The van der Waals surface area contributed by atoms with Crippen LogP contribution in [0.25, 0.3) is 0 Å². The number of carbonyl (C=O) groups is 1. The summed E-state index contributed by atoms with van der Waals surface area (Å²) in [5, 5.41) is 6.84. The minimum absolute atomic E-state index is 0.244. The molecule has 0 aliphatic carbocycles. The lowest BCUT2D eigenvalue weighted by atomic mass is 10.2. The topological polar surface area (TPSA) is 79.4 Å². The van der Waals surface area contributed by atoms with Crippen molar-refractivity contribution in [2.24, 2.45) is 0 Å². The minimum Gasteiger partial charge on any atom is -0.378 e. The molecule has 31 heavy (non-hydrogen) atoms. The molecule has 8 heteroatoms. The van der Waals surface area contributed by atoms with E-state index in [1.165, 1.54) is 0 Å². The molecule has 1 fully saturated rings. The van der Waals surface area contributed by atoms with Gasteiger partial charge in [0, 0.05) is 49.0 Å². The third kappa shape index (κ3) is 6.19. The van der Waals surface area contributed by atoms with Gasteiger partial charge in [0.25, 0.3) is 0 Å². The van der Waals surface area contributed by atoms with Gasteiger partial charge in [-0.2, -0.15) is 0 Å². The third-order valence-corrected chi connectivity index (χ3v) is 5.84. The first-order valence-corrected chi connectivity index (χ1v) is 11.2. The van der Waals surface area contributed by atoms with E-state index in [0.717, 1.165) is 46.5 Å². The number of hydrogen-bond donors (Lipinski definition) is 2. The van der Waals surface area contributed by atoms with Crippen LogP contribution >= 0.6 is 11.8 Å². The van der Waals surface area contributed by atoms with E-state index >= 15 is 0 Å². The molecule has 2 N–H and O–H groups in total. The predicted octanol–water partition coefficient (Wildman–Crippen LogP) is 3.93. The van der Waals surface area contributed by atoms with Crippen molar-refractivity contribution in [3.63, 3.8) is 0 Å². The fourth-order valence-corrected chi connectivity index (χ4v) is 4.11. The van der Waals surface area contributed by atoms with Crippen molar-refractivity contribution in [1.82, 2.24) is 15.3 Å². The first kappa shape index (κ1) is 21.1. The maximum Gasteiger partial charge on any atom is 0.319 e. The Morgan fingerprint density at radius 3 is 2.74 bits per heavy atom. The van der Waals surface area contributed by atoms with Crippen molar-refractivity contribution in [2.45, 2.75) is 17.3 Å². The van der Waals surface area contributed by atoms with Crippen LogP contribution in [0.3, 0.4) is 0 Å². The fourth-order valence-electron chi connectivity index (χ4n) is 3.31. The summed E-state index contributed by atoms with van der Waals surface area (Å²) in [6.07, 6.45) is 3.57. The second-order valence-electron chi connectivity index (χ2n) is 7.05. The molecular weight excluding hydrogens is 410 g/mol. The highest BCUT2D eigenvalue weighted by Gasteiger charge is 2.16. The summed E-state index contributed by atoms with van der Waals surface area (Å²) in [5.41, 5.74) is 2.87. The molecule has 1 aromatic carbocycles. The monoisotopic (exact) mass is 435 g/mol. The van der Waals surface area contributed by atoms with Gasteiger partial charge < -0.3 is 20.3 Å². The minimum atomic E-state index is -0.244. The molecule has 2 amide bonds. The number of ether oxygens (including phenoxy) is 1. The number of rotatable bonds is 7. The maximum absolute atomic E-state index is 12.5. The number of nitrogens with one attached hydrogen (secondary N) is 2. The van der Waals surface area contributed by atoms with Crippen molar-refractivity contribution >= 4 is 29.3 Å². The molecule has 160 valence electrons. The Balaban J connectivity index is 1.31. The number of carbonyl (C=O) groups excluding carboxylic acids is 1. The molecule has 1 aliphatic heterocycles. The molecule has 0 saturated carbocycles. The molecule has 2 aromatic heterocycles. The normalized spacial score (nSPS) is 13.6. The van der Waals surface area contributed by atoms with Gasteiger partial charge >= 0.3 is 6.03 Å². The van der Waals surface area contributed by atoms with Gasteiger partial charge in [0.2, 0.25) is 0 Å². The summed E-state index contributed by atoms with van der Waals surface area (Å²) in [6.45, 7) is 3.40. The number of morpholine rings is 1. The summed E-state index contributed by atoms with van der Waals surface area (Å²) in [5.74, 6) is 1.69. The number of anilines is 2. The number of urea groups is 1. The van der Waals surface area contributed by atoms with Crippen molar-refractivity contribution in [3.05, 3.63) is 78.1 Å². The number of nitrogens with zero attached hydrogens (tertiary/aromatic N) is 3. The molecule has 0 unspecified atom stereocenters. The zero-order valence-corrected chi connectivity index (χ0v) is 18.0. The molecule has 7 nitrogen and oxygen atoms in total. The molecule has 0 radical (unpaired) electrons. The standard InChI is InChI=1S/C23H25N5O2S/c29-23(26-16-19-6-4-10-25-22(19)28-11-13-30-14-12-28)27-20-7-3-5-18(15-20)17-31-21-8-1-2-9-24-21/h1-10,15H,11-14,16-17H2,(H2,26,27,29). The molecular formula is C23H25N5O2S. The highest BCUT2D eigenvalue weighted by Crippen LogP contribution is 2.22. The quantitative estimate of drug-likeness (QED) is 0.548. The average molecular weight is 436 g/mol. The molecule has 1 saturated heterocycles. The van der Waals surface area contributed by atoms with Crippen LogP contribution in [-0.4, -0.2) is 42.3 Å². The molecule has 3 aromatic rings. The van der Waals surface area contributed by atoms with Gasteiger partial charge in [-0.15, -0.1) is 11.8 Å². The maximum atomic E-state index is 12.5. The van der Waals surface area contributed by atoms with Crippen LogP contribution in [0, 0.1) is 0 Å². The summed E-state index contributed by atoms with van der Waals surface area (Å²) >= 11 is 1.66. The van der Waals surface area contributed by atoms with Crippen LogP contribution in [0.2, 0.25) is 0 Å². The SMILES string of the molecule is O=C(NCc1cccnc1N1CCOCC1)Nc1cccc(CSc2ccccn2)c1. The van der Waals surface area contributed by atoms with Crippen LogP contribution in [0.15, 0.2) is 72.0 Å². The van der Waals surface area contributed by atoms with Crippen molar-refractivity contribution in [3.8, 4) is 0 Å². The zero-order chi connectivity index (χ0) is 21.3. The van der Waals surface area contributed by atoms with E-state index in [-0.39, 0.29) is 6.03 Å². The van der Waals surface area contributed by atoms with Crippen LogP contribution in [-0.2, 0) is 17.0 Å². The number of pyridine rings is 2. The Hall–Kier alpha value is -3.10. The number of hydrogen-bond acceptors (Lipinski definition) is 6. The summed E-state index contributed by atoms with van der Waals surface area (Å²) in [7, 11) is 0. The summed E-state index contributed by atoms with van der Waals surface area (Å²) in [4.78, 5) is 23.5. The van der Waals surface area contributed by atoms with Gasteiger partial charge in [-0.3, -0.25) is 0 Å². The van der Waals surface area contributed by atoms with Gasteiger partial charge in [-0.25, -0.2) is 14.8 Å². The molecule has 1 aliphatic rings. The summed E-state index contributed by atoms with van der Waals surface area (Å²) < 4.78 is 5.42. The van der Waals surface area contributed by atoms with Crippen LogP contribution < -0.4 is 15.5 Å². The number of amides is 2. The van der Waals surface area contributed by atoms with Crippen molar-refractivity contribution < 1.29 is 9.53 Å². The third-order valence-electron chi connectivity index (χ3n) is 4.83. The summed E-state index contributed by atoms with van der Waals surface area (Å²) in [6, 6.07) is 17.4. The van der Waals surface area contributed by atoms with Gasteiger partial charge in [0.15, 0.2) is 0 Å². The highest BCUT2D eigenvalue weighted by atomic mass is 32.2. The zero-order valence-electron chi connectivity index (χ0n) is 17.2. The lowest BCUT2D eigenvalue weighted by Crippen LogP contribution is -2.38. The first-order chi connectivity index (χ1) is 15.3. The van der Waals surface area contributed by atoms with Crippen molar-refractivity contribution in [2.75, 3.05) is 36.5 Å². The van der Waals surface area contributed by atoms with Crippen LogP contribution in [0.4, 0.5) is 16.3 Å². The van der Waals surface area contributed by atoms with Gasteiger partial charge in [0.05, 0.1) is 18.2 Å². The second kappa shape index (κ2) is 10.8. The molecule has 4 rings (SSSR count). The first-order valence-electron chi connectivity index (χ1n) is 10.2. The lowest BCUT2D eigenvalue weighted by molar-refractivity contribution is 0.122. The van der Waals surface area contributed by atoms with E-state index in [2.05, 4.69) is 25.5 Å². The molecule has 3 heterocycles. The highest BCUT2D eigenvalue weighted by molar-refractivity contribution is 7.98. The van der Waals surface area contributed by atoms with E-state index in [9.17, 15) is 4.79 Å². The Kier molecular flexibility index (Phi) is 7.36. The Morgan fingerprint density at radius 1 is 1.03 bits per heavy atom. The molecule has 0 bridgehead atoms. The van der Waals surface area contributed by atoms with Crippen LogP contribution in [0.1, 0.15) is 11.1 Å². The Morgan fingerprint density at radius 2 is 1.90 bits per heavy atom. The van der Waals surface area contributed by atoms with Gasteiger partial charge in [-0.05, 0) is 35.9 Å². The largest absolute Gasteiger partial charge is 0.378 e. The smallest absolute Gasteiger partial charge is 0.319 e.